The minimum Gasteiger partial charge on any atom is -0.484 e. The molecule has 0 fully saturated rings. The predicted molar refractivity (Wildman–Crippen MR) is 111 cm³/mol. The topological polar surface area (TPSA) is 58.6 Å². The van der Waals surface area contributed by atoms with Crippen molar-refractivity contribution in [3.8, 4) is 5.75 Å². The van der Waals surface area contributed by atoms with Gasteiger partial charge in [0.2, 0.25) is 5.91 Å². The number of amides is 2. The first kappa shape index (κ1) is 21.5. The summed E-state index contributed by atoms with van der Waals surface area (Å²) in [4.78, 5) is 26.9. The van der Waals surface area contributed by atoms with Gasteiger partial charge in [-0.1, -0.05) is 42.8 Å². The molecule has 28 heavy (non-hydrogen) atoms. The SMILES string of the molecule is CC[C@H](C(=O)NC)N(Cc1ccc(C)cc1)C(=O)COc1ccc(C)c(C)c1. The van der Waals surface area contributed by atoms with E-state index in [-0.39, 0.29) is 18.4 Å². The Morgan fingerprint density at radius 3 is 2.29 bits per heavy atom. The number of benzene rings is 2. The minimum absolute atomic E-state index is 0.109. The van der Waals surface area contributed by atoms with Crippen LogP contribution in [0.25, 0.3) is 0 Å². The summed E-state index contributed by atoms with van der Waals surface area (Å²) in [5.74, 6) is 0.267. The molecule has 5 nitrogen and oxygen atoms in total. The van der Waals surface area contributed by atoms with Crippen LogP contribution in [-0.4, -0.2) is 36.4 Å². The molecule has 2 aromatic rings. The molecule has 0 heterocycles. The van der Waals surface area contributed by atoms with Crippen LogP contribution in [0, 0.1) is 20.8 Å². The van der Waals surface area contributed by atoms with Crippen LogP contribution in [-0.2, 0) is 16.1 Å². The highest BCUT2D eigenvalue weighted by molar-refractivity contribution is 5.88. The Kier molecular flexibility index (Phi) is 7.61. The summed E-state index contributed by atoms with van der Waals surface area (Å²) >= 11 is 0. The summed E-state index contributed by atoms with van der Waals surface area (Å²) in [6.07, 6.45) is 0.529. The number of nitrogens with one attached hydrogen (secondary N) is 1. The van der Waals surface area contributed by atoms with Crippen molar-refractivity contribution in [3.05, 3.63) is 64.7 Å². The first-order valence-corrected chi connectivity index (χ1v) is 9.62. The molecule has 0 aliphatic heterocycles. The zero-order chi connectivity index (χ0) is 20.7. The molecule has 5 heteroatoms. The molecule has 0 aliphatic rings. The zero-order valence-corrected chi connectivity index (χ0v) is 17.4. The molecule has 2 rings (SSSR count). The van der Waals surface area contributed by atoms with Crippen molar-refractivity contribution in [2.24, 2.45) is 0 Å². The lowest BCUT2D eigenvalue weighted by atomic mass is 10.1. The number of hydrogen-bond donors (Lipinski definition) is 1. The summed E-state index contributed by atoms with van der Waals surface area (Å²) in [7, 11) is 1.59. The van der Waals surface area contributed by atoms with Crippen molar-refractivity contribution in [2.45, 2.75) is 46.7 Å². The number of aryl methyl sites for hydroxylation is 3. The molecule has 0 bridgehead atoms. The second-order valence-corrected chi connectivity index (χ2v) is 7.08. The van der Waals surface area contributed by atoms with Gasteiger partial charge in [0.05, 0.1) is 0 Å². The zero-order valence-electron chi connectivity index (χ0n) is 17.4. The summed E-state index contributed by atoms with van der Waals surface area (Å²) in [5.41, 5.74) is 4.41. The second-order valence-electron chi connectivity index (χ2n) is 7.08. The Morgan fingerprint density at radius 2 is 1.71 bits per heavy atom. The van der Waals surface area contributed by atoms with Crippen molar-refractivity contribution in [2.75, 3.05) is 13.7 Å². The average Bonchev–Trinajstić information content (AvgIpc) is 2.69. The lowest BCUT2D eigenvalue weighted by molar-refractivity contribution is -0.142. The molecule has 1 atom stereocenters. The van der Waals surface area contributed by atoms with Gasteiger partial charge in [-0.2, -0.15) is 0 Å². The summed E-state index contributed by atoms with van der Waals surface area (Å²) in [6.45, 7) is 8.21. The lowest BCUT2D eigenvalue weighted by Crippen LogP contribution is -2.49. The highest BCUT2D eigenvalue weighted by Crippen LogP contribution is 2.18. The van der Waals surface area contributed by atoms with Gasteiger partial charge in [-0.15, -0.1) is 0 Å². The fourth-order valence-corrected chi connectivity index (χ4v) is 3.01. The van der Waals surface area contributed by atoms with Crippen LogP contribution in [0.15, 0.2) is 42.5 Å². The molecule has 0 saturated carbocycles. The van der Waals surface area contributed by atoms with Gasteiger partial charge >= 0.3 is 0 Å². The number of ether oxygens (including phenoxy) is 1. The molecule has 1 N–H and O–H groups in total. The third-order valence-electron chi connectivity index (χ3n) is 4.95. The van der Waals surface area contributed by atoms with E-state index < -0.39 is 6.04 Å². The van der Waals surface area contributed by atoms with Gasteiger partial charge in [-0.3, -0.25) is 9.59 Å². The summed E-state index contributed by atoms with van der Waals surface area (Å²) < 4.78 is 5.73. The molecule has 0 aliphatic carbocycles. The van der Waals surface area contributed by atoms with Gasteiger partial charge in [0.1, 0.15) is 11.8 Å². The normalized spacial score (nSPS) is 11.6. The van der Waals surface area contributed by atoms with E-state index in [1.54, 1.807) is 11.9 Å². The third kappa shape index (κ3) is 5.59. The molecule has 150 valence electrons. The Labute approximate surface area is 167 Å². The molecule has 0 radical (unpaired) electrons. The lowest BCUT2D eigenvalue weighted by Gasteiger charge is -2.30. The Morgan fingerprint density at radius 1 is 1.04 bits per heavy atom. The van der Waals surface area contributed by atoms with Crippen LogP contribution >= 0.6 is 0 Å². The number of rotatable bonds is 8. The first-order valence-electron chi connectivity index (χ1n) is 9.62. The number of carbonyl (C=O) groups is 2. The molecular weight excluding hydrogens is 352 g/mol. The van der Waals surface area contributed by atoms with E-state index in [1.165, 1.54) is 5.56 Å². The van der Waals surface area contributed by atoms with Gasteiger partial charge in [0.25, 0.3) is 5.91 Å². The predicted octanol–water partition coefficient (Wildman–Crippen LogP) is 3.54. The van der Waals surface area contributed by atoms with Crippen molar-refractivity contribution in [3.63, 3.8) is 0 Å². The van der Waals surface area contributed by atoms with Crippen molar-refractivity contribution < 1.29 is 14.3 Å². The van der Waals surface area contributed by atoms with E-state index in [0.717, 1.165) is 16.7 Å². The molecule has 2 aromatic carbocycles. The largest absolute Gasteiger partial charge is 0.484 e. The van der Waals surface area contributed by atoms with Gasteiger partial charge in [0, 0.05) is 13.6 Å². The van der Waals surface area contributed by atoms with E-state index in [4.69, 9.17) is 4.74 Å². The molecule has 0 aromatic heterocycles. The maximum atomic E-state index is 13.0. The van der Waals surface area contributed by atoms with E-state index in [2.05, 4.69) is 5.32 Å². The fourth-order valence-electron chi connectivity index (χ4n) is 3.01. The van der Waals surface area contributed by atoms with Crippen LogP contribution in [0.1, 0.15) is 35.6 Å². The van der Waals surface area contributed by atoms with Crippen LogP contribution in [0.2, 0.25) is 0 Å². The maximum absolute atomic E-state index is 13.0. The van der Waals surface area contributed by atoms with Gasteiger partial charge in [0.15, 0.2) is 6.61 Å². The highest BCUT2D eigenvalue weighted by Gasteiger charge is 2.28. The van der Waals surface area contributed by atoms with Crippen LogP contribution < -0.4 is 10.1 Å². The Bertz CT molecular complexity index is 815. The second kappa shape index (κ2) is 9.93. The minimum atomic E-state index is -0.540. The number of nitrogens with zero attached hydrogens (tertiary/aromatic N) is 1. The van der Waals surface area contributed by atoms with Crippen molar-refractivity contribution >= 4 is 11.8 Å². The molecule has 0 saturated heterocycles. The Balaban J connectivity index is 2.18. The Hall–Kier alpha value is -2.82. The fraction of sp³-hybridized carbons (Fsp3) is 0.391. The van der Waals surface area contributed by atoms with E-state index in [9.17, 15) is 9.59 Å². The molecule has 0 spiro atoms. The van der Waals surface area contributed by atoms with Crippen LogP contribution in [0.5, 0.6) is 5.75 Å². The summed E-state index contributed by atoms with van der Waals surface area (Å²) in [5, 5.41) is 2.66. The molecular formula is C23H30N2O3. The van der Waals surface area contributed by atoms with Crippen molar-refractivity contribution in [1.29, 1.82) is 0 Å². The van der Waals surface area contributed by atoms with Crippen LogP contribution in [0.4, 0.5) is 0 Å². The number of hydrogen-bond acceptors (Lipinski definition) is 3. The smallest absolute Gasteiger partial charge is 0.261 e. The van der Waals surface area contributed by atoms with Gasteiger partial charge < -0.3 is 15.0 Å². The van der Waals surface area contributed by atoms with Gasteiger partial charge in [-0.05, 0) is 56.0 Å². The molecule has 2 amide bonds. The number of likely N-dealkylation sites (N-methyl/N-ethyl adjacent to an activating group) is 1. The first-order chi connectivity index (χ1) is 13.3. The van der Waals surface area contributed by atoms with E-state index in [0.29, 0.717) is 18.7 Å². The standard InChI is InChI=1S/C23H30N2O3/c1-6-21(23(27)24-5)25(14-19-10-7-16(2)8-11-19)22(26)15-28-20-12-9-17(3)18(4)13-20/h7-13,21H,6,14-15H2,1-5H3,(H,24,27)/t21-/m1/s1. The molecule has 0 unspecified atom stereocenters. The van der Waals surface area contributed by atoms with Crippen molar-refractivity contribution in [1.82, 2.24) is 10.2 Å². The number of carbonyl (C=O) groups excluding carboxylic acids is 2. The van der Waals surface area contributed by atoms with Crippen LogP contribution in [0.3, 0.4) is 0 Å². The highest BCUT2D eigenvalue weighted by atomic mass is 16.5. The van der Waals surface area contributed by atoms with E-state index in [1.807, 2.05) is 70.2 Å². The average molecular weight is 383 g/mol. The maximum Gasteiger partial charge on any atom is 0.261 e. The van der Waals surface area contributed by atoms with E-state index >= 15 is 0 Å². The quantitative estimate of drug-likeness (QED) is 0.760. The monoisotopic (exact) mass is 382 g/mol. The van der Waals surface area contributed by atoms with Gasteiger partial charge in [-0.25, -0.2) is 0 Å². The third-order valence-corrected chi connectivity index (χ3v) is 4.95. The summed E-state index contributed by atoms with van der Waals surface area (Å²) in [6, 6.07) is 13.2.